The Morgan fingerprint density at radius 3 is 2.14 bits per heavy atom. The Morgan fingerprint density at radius 2 is 1.60 bits per heavy atom. The van der Waals surface area contributed by atoms with Gasteiger partial charge in [-0.05, 0) is 48.4 Å². The fourth-order valence-corrected chi connectivity index (χ4v) is 4.92. The first kappa shape index (κ1) is 24.7. The molecule has 1 aliphatic heterocycles. The minimum Gasteiger partial charge on any atom is -0.480 e. The molecule has 8 heteroatoms. The van der Waals surface area contributed by atoms with Gasteiger partial charge in [-0.2, -0.15) is 0 Å². The Labute approximate surface area is 205 Å². The second-order valence-corrected chi connectivity index (χ2v) is 9.33. The number of aliphatic carboxylic acids is 1. The van der Waals surface area contributed by atoms with Crippen molar-refractivity contribution in [3.63, 3.8) is 0 Å². The Bertz CT molecular complexity index is 1050. The minimum atomic E-state index is -1.10. The molecule has 0 spiro atoms. The number of carboxylic acid groups (broad SMARTS) is 1. The molecule has 8 nitrogen and oxygen atoms in total. The summed E-state index contributed by atoms with van der Waals surface area (Å²) in [7, 11) is 0. The molecule has 1 saturated heterocycles. The highest BCUT2D eigenvalue weighted by molar-refractivity contribution is 5.89. The molecule has 1 aliphatic carbocycles. The molecular weight excluding hydrogens is 448 g/mol. The number of hydrogen-bond donors (Lipinski definition) is 2. The van der Waals surface area contributed by atoms with Gasteiger partial charge in [-0.25, -0.2) is 9.59 Å². The Kier molecular flexibility index (Phi) is 7.40. The smallest absolute Gasteiger partial charge is 0.408 e. The van der Waals surface area contributed by atoms with E-state index in [-0.39, 0.29) is 31.1 Å². The first-order chi connectivity index (χ1) is 16.8. The highest BCUT2D eigenvalue weighted by Crippen LogP contribution is 2.44. The van der Waals surface area contributed by atoms with E-state index in [0.717, 1.165) is 22.3 Å². The first-order valence-corrected chi connectivity index (χ1v) is 12.1. The molecular formula is C27H32N2O6. The number of hydrogen-bond acceptors (Lipinski definition) is 5. The monoisotopic (exact) mass is 480 g/mol. The summed E-state index contributed by atoms with van der Waals surface area (Å²) in [5.74, 6) is -1.24. The van der Waals surface area contributed by atoms with E-state index in [2.05, 4.69) is 29.6 Å². The number of piperidine rings is 1. The zero-order valence-corrected chi connectivity index (χ0v) is 20.2. The van der Waals surface area contributed by atoms with Gasteiger partial charge in [-0.15, -0.1) is 0 Å². The van der Waals surface area contributed by atoms with Gasteiger partial charge in [-0.3, -0.25) is 4.79 Å². The third-order valence-electron chi connectivity index (χ3n) is 7.07. The van der Waals surface area contributed by atoms with Gasteiger partial charge in [-0.1, -0.05) is 55.5 Å². The van der Waals surface area contributed by atoms with E-state index in [1.165, 1.54) is 0 Å². The van der Waals surface area contributed by atoms with Gasteiger partial charge in [0.05, 0.1) is 6.10 Å². The Hall–Kier alpha value is -3.39. The molecule has 2 amide bonds. The van der Waals surface area contributed by atoms with Crippen molar-refractivity contribution in [1.82, 2.24) is 10.2 Å². The third-order valence-corrected chi connectivity index (χ3v) is 7.07. The molecule has 4 rings (SSSR count). The van der Waals surface area contributed by atoms with Crippen molar-refractivity contribution in [2.75, 3.05) is 26.3 Å². The number of carboxylic acids is 1. The summed E-state index contributed by atoms with van der Waals surface area (Å²) < 4.78 is 11.0. The average Bonchev–Trinajstić information content (AvgIpc) is 3.19. The number of amides is 2. The lowest BCUT2D eigenvalue weighted by molar-refractivity contribution is -0.148. The van der Waals surface area contributed by atoms with E-state index < -0.39 is 17.6 Å². The molecule has 2 N–H and O–H groups in total. The molecule has 1 atom stereocenters. The van der Waals surface area contributed by atoms with E-state index in [9.17, 15) is 14.4 Å². The van der Waals surface area contributed by atoms with Crippen molar-refractivity contribution in [3.05, 3.63) is 59.7 Å². The standard InChI is InChI=1S/C27H32N2O6/c1-3-27(2,25(32)29-14-12-18(13-15-29)34-17-24(30)31)28-26(33)35-16-23-21-10-6-4-8-19(21)20-9-5-7-11-22(20)23/h4-11,18,23H,3,12-17H2,1-2H3,(H,28,33)(H,30,31). The maximum absolute atomic E-state index is 13.3. The van der Waals surface area contributed by atoms with Crippen LogP contribution in [-0.4, -0.2) is 65.9 Å². The number of fused-ring (bicyclic) bond motifs is 3. The van der Waals surface area contributed by atoms with Crippen molar-refractivity contribution in [2.45, 2.75) is 50.7 Å². The molecule has 35 heavy (non-hydrogen) atoms. The second-order valence-electron chi connectivity index (χ2n) is 9.33. The third kappa shape index (κ3) is 5.32. The lowest BCUT2D eigenvalue weighted by atomic mass is 9.95. The molecule has 2 aromatic rings. The minimum absolute atomic E-state index is 0.0541. The number of likely N-dealkylation sites (tertiary alicyclic amines) is 1. The molecule has 0 radical (unpaired) electrons. The van der Waals surface area contributed by atoms with Crippen LogP contribution < -0.4 is 5.32 Å². The van der Waals surface area contributed by atoms with Crippen LogP contribution in [0.5, 0.6) is 0 Å². The second kappa shape index (κ2) is 10.5. The highest BCUT2D eigenvalue weighted by Gasteiger charge is 2.39. The van der Waals surface area contributed by atoms with Gasteiger partial charge in [0.15, 0.2) is 0 Å². The normalized spacial score (nSPS) is 17.3. The summed E-state index contributed by atoms with van der Waals surface area (Å²) >= 11 is 0. The van der Waals surface area contributed by atoms with Crippen LogP contribution in [0.15, 0.2) is 48.5 Å². The SMILES string of the molecule is CCC(C)(NC(=O)OCC1c2ccccc2-c2ccccc21)C(=O)N1CCC(OCC(=O)O)CC1. The lowest BCUT2D eigenvalue weighted by Crippen LogP contribution is -2.59. The first-order valence-electron chi connectivity index (χ1n) is 12.1. The predicted octanol–water partition coefficient (Wildman–Crippen LogP) is 3.79. The highest BCUT2D eigenvalue weighted by atomic mass is 16.5. The van der Waals surface area contributed by atoms with Crippen molar-refractivity contribution in [3.8, 4) is 11.1 Å². The number of ether oxygens (including phenoxy) is 2. The van der Waals surface area contributed by atoms with Crippen molar-refractivity contribution in [2.24, 2.45) is 0 Å². The number of benzene rings is 2. The van der Waals surface area contributed by atoms with Crippen LogP contribution in [0.1, 0.15) is 50.2 Å². The van der Waals surface area contributed by atoms with E-state index in [4.69, 9.17) is 14.6 Å². The van der Waals surface area contributed by atoms with Crippen LogP contribution in [0.4, 0.5) is 4.79 Å². The fraction of sp³-hybridized carbons (Fsp3) is 0.444. The van der Waals surface area contributed by atoms with E-state index in [0.29, 0.717) is 32.4 Å². The van der Waals surface area contributed by atoms with Crippen molar-refractivity contribution in [1.29, 1.82) is 0 Å². The molecule has 0 bridgehead atoms. The largest absolute Gasteiger partial charge is 0.480 e. The van der Waals surface area contributed by atoms with Crippen molar-refractivity contribution < 1.29 is 29.0 Å². The van der Waals surface area contributed by atoms with Crippen LogP contribution in [0.25, 0.3) is 11.1 Å². The Balaban J connectivity index is 1.35. The van der Waals surface area contributed by atoms with Crippen LogP contribution in [0.3, 0.4) is 0 Å². The van der Waals surface area contributed by atoms with Crippen LogP contribution >= 0.6 is 0 Å². The topological polar surface area (TPSA) is 105 Å². The molecule has 2 aliphatic rings. The summed E-state index contributed by atoms with van der Waals surface area (Å²) in [6.07, 6.45) is 0.723. The average molecular weight is 481 g/mol. The van der Waals surface area contributed by atoms with Gasteiger partial charge in [0.2, 0.25) is 5.91 Å². The van der Waals surface area contributed by atoms with Crippen LogP contribution in [0.2, 0.25) is 0 Å². The number of nitrogens with zero attached hydrogens (tertiary/aromatic N) is 1. The fourth-order valence-electron chi connectivity index (χ4n) is 4.92. The maximum Gasteiger partial charge on any atom is 0.408 e. The summed E-state index contributed by atoms with van der Waals surface area (Å²) in [6, 6.07) is 16.3. The lowest BCUT2D eigenvalue weighted by Gasteiger charge is -2.38. The van der Waals surface area contributed by atoms with Gasteiger partial charge in [0.1, 0.15) is 18.8 Å². The number of nitrogens with one attached hydrogen (secondary N) is 1. The van der Waals surface area contributed by atoms with Crippen LogP contribution in [-0.2, 0) is 19.1 Å². The molecule has 0 aromatic heterocycles. The number of carbonyl (C=O) groups is 3. The molecule has 0 saturated carbocycles. The van der Waals surface area contributed by atoms with E-state index >= 15 is 0 Å². The summed E-state index contributed by atoms with van der Waals surface area (Å²) in [5, 5.41) is 11.6. The molecule has 186 valence electrons. The van der Waals surface area contributed by atoms with Gasteiger partial charge < -0.3 is 24.8 Å². The number of alkyl carbamates (subject to hydrolysis) is 1. The zero-order valence-electron chi connectivity index (χ0n) is 20.2. The summed E-state index contributed by atoms with van der Waals surface area (Å²) in [4.78, 5) is 38.5. The van der Waals surface area contributed by atoms with Crippen molar-refractivity contribution >= 4 is 18.0 Å². The number of carbonyl (C=O) groups excluding carboxylic acids is 2. The zero-order chi connectivity index (χ0) is 25.0. The predicted molar refractivity (Wildman–Crippen MR) is 130 cm³/mol. The quantitative estimate of drug-likeness (QED) is 0.596. The van der Waals surface area contributed by atoms with Gasteiger partial charge in [0.25, 0.3) is 0 Å². The molecule has 1 unspecified atom stereocenters. The van der Waals surface area contributed by atoms with E-state index in [1.807, 2.05) is 31.2 Å². The molecule has 1 fully saturated rings. The summed E-state index contributed by atoms with van der Waals surface area (Å²) in [6.45, 7) is 4.30. The van der Waals surface area contributed by atoms with Gasteiger partial charge >= 0.3 is 12.1 Å². The number of rotatable bonds is 8. The van der Waals surface area contributed by atoms with Crippen LogP contribution in [0, 0.1) is 0 Å². The maximum atomic E-state index is 13.3. The summed E-state index contributed by atoms with van der Waals surface area (Å²) in [5.41, 5.74) is 3.47. The molecule has 1 heterocycles. The Morgan fingerprint density at radius 1 is 1.03 bits per heavy atom. The van der Waals surface area contributed by atoms with Gasteiger partial charge in [0, 0.05) is 19.0 Å². The van der Waals surface area contributed by atoms with E-state index in [1.54, 1.807) is 11.8 Å². The molecule has 2 aromatic carbocycles.